The van der Waals surface area contributed by atoms with Crippen LogP contribution in [0, 0.1) is 0 Å². The summed E-state index contributed by atoms with van der Waals surface area (Å²) >= 11 is 0. The number of aromatic nitrogens is 1. The second kappa shape index (κ2) is 6.06. The minimum atomic E-state index is -0.930. The van der Waals surface area contributed by atoms with Gasteiger partial charge in [-0.3, -0.25) is 9.69 Å². The molecule has 1 fully saturated rings. The summed E-state index contributed by atoms with van der Waals surface area (Å²) in [6.07, 6.45) is -0.930. The Kier molecular flexibility index (Phi) is 4.13. The molecule has 2 atom stereocenters. The first-order chi connectivity index (χ1) is 10.6. The van der Waals surface area contributed by atoms with Gasteiger partial charge in [0.05, 0.1) is 6.04 Å². The predicted octanol–water partition coefficient (Wildman–Crippen LogP) is 1.41. The summed E-state index contributed by atoms with van der Waals surface area (Å²) in [5.74, 6) is 0.505. The van der Waals surface area contributed by atoms with E-state index in [0.717, 1.165) is 24.2 Å². The standard InChI is InChI=1S/C16H21N3O3/c1-11(15-17-13-5-3-4-6-14(13)22-15)18-7-9-19(10-8-18)16(21)12(2)20/h3-6,11-12,20H,7-10H2,1-2H3. The Morgan fingerprint density at radius 3 is 2.55 bits per heavy atom. The molecule has 1 aromatic heterocycles. The molecule has 1 aliphatic heterocycles. The van der Waals surface area contributed by atoms with Gasteiger partial charge in [0.25, 0.3) is 5.91 Å². The Bertz CT molecular complexity index is 626. The van der Waals surface area contributed by atoms with Crippen molar-refractivity contribution in [2.45, 2.75) is 26.0 Å². The van der Waals surface area contributed by atoms with Crippen molar-refractivity contribution in [2.24, 2.45) is 0 Å². The van der Waals surface area contributed by atoms with Crippen molar-refractivity contribution in [3.8, 4) is 0 Å². The maximum absolute atomic E-state index is 11.8. The summed E-state index contributed by atoms with van der Waals surface area (Å²) in [5, 5.41) is 9.38. The SMILES string of the molecule is CC(O)C(=O)N1CCN(C(C)c2nc3ccccc3o2)CC1. The monoisotopic (exact) mass is 303 g/mol. The number of fused-ring (bicyclic) bond motifs is 1. The molecule has 1 N–H and O–H groups in total. The summed E-state index contributed by atoms with van der Waals surface area (Å²) in [6.45, 7) is 6.31. The summed E-state index contributed by atoms with van der Waals surface area (Å²) in [4.78, 5) is 20.3. The number of piperazine rings is 1. The lowest BCUT2D eigenvalue weighted by molar-refractivity contribution is -0.141. The first-order valence-corrected chi connectivity index (χ1v) is 7.62. The highest BCUT2D eigenvalue weighted by atomic mass is 16.3. The number of para-hydroxylation sites is 2. The fourth-order valence-corrected chi connectivity index (χ4v) is 2.82. The fraction of sp³-hybridized carbons (Fsp3) is 0.500. The van der Waals surface area contributed by atoms with Gasteiger partial charge in [0.15, 0.2) is 5.58 Å². The summed E-state index contributed by atoms with van der Waals surface area (Å²) in [7, 11) is 0. The van der Waals surface area contributed by atoms with Crippen LogP contribution in [0.25, 0.3) is 11.1 Å². The van der Waals surface area contributed by atoms with Gasteiger partial charge < -0.3 is 14.4 Å². The molecule has 0 spiro atoms. The molecule has 6 nitrogen and oxygen atoms in total. The summed E-state index contributed by atoms with van der Waals surface area (Å²) < 4.78 is 5.82. The predicted molar refractivity (Wildman–Crippen MR) is 82.3 cm³/mol. The third-order valence-electron chi connectivity index (χ3n) is 4.20. The number of benzene rings is 1. The molecule has 3 rings (SSSR count). The van der Waals surface area contributed by atoms with Crippen molar-refractivity contribution in [2.75, 3.05) is 26.2 Å². The van der Waals surface area contributed by atoms with Gasteiger partial charge in [0, 0.05) is 26.2 Å². The van der Waals surface area contributed by atoms with Crippen molar-refractivity contribution in [1.82, 2.24) is 14.8 Å². The molecule has 0 radical (unpaired) electrons. The van der Waals surface area contributed by atoms with Gasteiger partial charge in [-0.15, -0.1) is 0 Å². The minimum Gasteiger partial charge on any atom is -0.439 e. The highest BCUT2D eigenvalue weighted by Gasteiger charge is 2.28. The van der Waals surface area contributed by atoms with Crippen LogP contribution in [0.5, 0.6) is 0 Å². The second-order valence-corrected chi connectivity index (χ2v) is 5.73. The molecule has 2 aromatic rings. The topological polar surface area (TPSA) is 69.8 Å². The van der Waals surface area contributed by atoms with E-state index in [2.05, 4.69) is 16.8 Å². The van der Waals surface area contributed by atoms with E-state index < -0.39 is 6.10 Å². The van der Waals surface area contributed by atoms with Gasteiger partial charge in [-0.25, -0.2) is 4.98 Å². The minimum absolute atomic E-state index is 0.0659. The maximum Gasteiger partial charge on any atom is 0.251 e. The molecule has 6 heteroatoms. The molecule has 2 heterocycles. The molecule has 0 bridgehead atoms. The lowest BCUT2D eigenvalue weighted by Gasteiger charge is -2.37. The first kappa shape index (κ1) is 15.0. The van der Waals surface area contributed by atoms with Crippen LogP contribution in [-0.2, 0) is 4.79 Å². The van der Waals surface area contributed by atoms with Crippen LogP contribution >= 0.6 is 0 Å². The number of carbonyl (C=O) groups is 1. The van der Waals surface area contributed by atoms with Crippen LogP contribution in [0.3, 0.4) is 0 Å². The smallest absolute Gasteiger partial charge is 0.251 e. The van der Waals surface area contributed by atoms with Crippen molar-refractivity contribution in [3.63, 3.8) is 0 Å². The average Bonchev–Trinajstić information content (AvgIpc) is 2.97. The van der Waals surface area contributed by atoms with E-state index in [-0.39, 0.29) is 11.9 Å². The highest BCUT2D eigenvalue weighted by molar-refractivity contribution is 5.80. The molecule has 0 saturated carbocycles. The van der Waals surface area contributed by atoms with Gasteiger partial charge in [0.2, 0.25) is 5.89 Å². The quantitative estimate of drug-likeness (QED) is 0.928. The van der Waals surface area contributed by atoms with Crippen LogP contribution in [0.15, 0.2) is 28.7 Å². The first-order valence-electron chi connectivity index (χ1n) is 7.62. The van der Waals surface area contributed by atoms with E-state index in [4.69, 9.17) is 4.42 Å². The van der Waals surface area contributed by atoms with E-state index in [1.807, 2.05) is 24.3 Å². The second-order valence-electron chi connectivity index (χ2n) is 5.73. The summed E-state index contributed by atoms with van der Waals surface area (Å²) in [6, 6.07) is 7.80. The molecular weight excluding hydrogens is 282 g/mol. The molecule has 118 valence electrons. The third kappa shape index (κ3) is 2.84. The zero-order valence-electron chi connectivity index (χ0n) is 12.9. The molecule has 1 aliphatic rings. The van der Waals surface area contributed by atoms with E-state index >= 15 is 0 Å². The summed E-state index contributed by atoms with van der Waals surface area (Å²) in [5.41, 5.74) is 1.67. The Morgan fingerprint density at radius 2 is 1.91 bits per heavy atom. The van der Waals surface area contributed by atoms with Crippen LogP contribution < -0.4 is 0 Å². The zero-order valence-corrected chi connectivity index (χ0v) is 12.9. The van der Waals surface area contributed by atoms with Crippen LogP contribution in [0.2, 0.25) is 0 Å². The Labute approximate surface area is 129 Å². The Hall–Kier alpha value is -1.92. The zero-order chi connectivity index (χ0) is 15.7. The molecule has 22 heavy (non-hydrogen) atoms. The van der Waals surface area contributed by atoms with Crippen LogP contribution in [0.1, 0.15) is 25.8 Å². The largest absolute Gasteiger partial charge is 0.439 e. The molecular formula is C16H21N3O3. The van der Waals surface area contributed by atoms with Gasteiger partial charge in [-0.2, -0.15) is 0 Å². The van der Waals surface area contributed by atoms with Crippen molar-refractivity contribution < 1.29 is 14.3 Å². The Balaban J connectivity index is 1.66. The highest BCUT2D eigenvalue weighted by Crippen LogP contribution is 2.25. The normalized spacial score (nSPS) is 19.3. The number of aliphatic hydroxyl groups is 1. The van der Waals surface area contributed by atoms with E-state index in [0.29, 0.717) is 19.0 Å². The average molecular weight is 303 g/mol. The third-order valence-corrected chi connectivity index (χ3v) is 4.20. The number of nitrogens with zero attached hydrogens (tertiary/aromatic N) is 3. The maximum atomic E-state index is 11.8. The Morgan fingerprint density at radius 1 is 1.23 bits per heavy atom. The lowest BCUT2D eigenvalue weighted by atomic mass is 10.2. The van der Waals surface area contributed by atoms with E-state index in [1.54, 1.807) is 4.90 Å². The van der Waals surface area contributed by atoms with Gasteiger partial charge >= 0.3 is 0 Å². The molecule has 2 unspecified atom stereocenters. The number of rotatable bonds is 3. The number of oxazole rings is 1. The number of amides is 1. The number of carbonyl (C=O) groups excluding carboxylic acids is 1. The lowest BCUT2D eigenvalue weighted by Crippen LogP contribution is -2.51. The molecule has 1 amide bonds. The van der Waals surface area contributed by atoms with E-state index in [1.165, 1.54) is 6.92 Å². The fourth-order valence-electron chi connectivity index (χ4n) is 2.82. The van der Waals surface area contributed by atoms with Crippen molar-refractivity contribution in [1.29, 1.82) is 0 Å². The van der Waals surface area contributed by atoms with Gasteiger partial charge in [-0.05, 0) is 26.0 Å². The number of aliphatic hydroxyl groups excluding tert-OH is 1. The molecule has 1 aromatic carbocycles. The molecule has 1 saturated heterocycles. The van der Waals surface area contributed by atoms with Crippen molar-refractivity contribution in [3.05, 3.63) is 30.2 Å². The van der Waals surface area contributed by atoms with Crippen molar-refractivity contribution >= 4 is 17.0 Å². The molecule has 0 aliphatic carbocycles. The van der Waals surface area contributed by atoms with Gasteiger partial charge in [-0.1, -0.05) is 12.1 Å². The number of hydrogen-bond acceptors (Lipinski definition) is 5. The van der Waals surface area contributed by atoms with Crippen LogP contribution in [0.4, 0.5) is 0 Å². The van der Waals surface area contributed by atoms with Gasteiger partial charge in [0.1, 0.15) is 11.6 Å². The van der Waals surface area contributed by atoms with Crippen LogP contribution in [-0.4, -0.2) is 58.1 Å². The van der Waals surface area contributed by atoms with E-state index in [9.17, 15) is 9.90 Å². The number of hydrogen-bond donors (Lipinski definition) is 1.